The van der Waals surface area contributed by atoms with Crippen LogP contribution in [-0.4, -0.2) is 47.8 Å². The van der Waals surface area contributed by atoms with Gasteiger partial charge in [-0.05, 0) is 19.8 Å². The van der Waals surface area contributed by atoms with Gasteiger partial charge in [0.2, 0.25) is 17.8 Å². The summed E-state index contributed by atoms with van der Waals surface area (Å²) in [7, 11) is 0. The van der Waals surface area contributed by atoms with E-state index in [-0.39, 0.29) is 0 Å². The molecule has 0 aliphatic heterocycles. The van der Waals surface area contributed by atoms with Gasteiger partial charge in [-0.25, -0.2) is 0 Å². The lowest BCUT2D eigenvalue weighted by Gasteiger charge is -2.11. The van der Waals surface area contributed by atoms with Gasteiger partial charge < -0.3 is 20.7 Å². The Kier molecular flexibility index (Phi) is 10.0. The van der Waals surface area contributed by atoms with Crippen LogP contribution in [0.2, 0.25) is 0 Å². The number of rotatable bonds is 13. The predicted octanol–water partition coefficient (Wildman–Crippen LogP) is 2.74. The molecule has 126 valence electrons. The van der Waals surface area contributed by atoms with Crippen LogP contribution in [0.3, 0.4) is 0 Å². The van der Waals surface area contributed by atoms with Crippen LogP contribution in [-0.2, 0) is 4.74 Å². The monoisotopic (exact) mass is 310 g/mol. The quantitative estimate of drug-likeness (QED) is 0.483. The highest BCUT2D eigenvalue weighted by Gasteiger charge is 2.05. The molecular weight excluding hydrogens is 280 g/mol. The first kappa shape index (κ1) is 18.4. The summed E-state index contributed by atoms with van der Waals surface area (Å²) in [5.41, 5.74) is 0. The van der Waals surface area contributed by atoms with Gasteiger partial charge >= 0.3 is 0 Å². The normalized spacial score (nSPS) is 10.5. The third-order valence-electron chi connectivity index (χ3n) is 3.00. The van der Waals surface area contributed by atoms with Crippen molar-refractivity contribution in [1.29, 1.82) is 0 Å². The van der Waals surface area contributed by atoms with Gasteiger partial charge in [0.1, 0.15) is 0 Å². The zero-order valence-electron chi connectivity index (χ0n) is 14.1. The average Bonchev–Trinajstić information content (AvgIpc) is 2.52. The minimum absolute atomic E-state index is 0.577. The van der Waals surface area contributed by atoms with Gasteiger partial charge in [-0.1, -0.05) is 26.7 Å². The fourth-order valence-corrected chi connectivity index (χ4v) is 1.75. The van der Waals surface area contributed by atoms with Crippen molar-refractivity contribution in [3.05, 3.63) is 0 Å². The highest BCUT2D eigenvalue weighted by atomic mass is 16.5. The molecule has 0 aliphatic carbocycles. The van der Waals surface area contributed by atoms with Gasteiger partial charge in [-0.15, -0.1) is 0 Å². The van der Waals surface area contributed by atoms with E-state index < -0.39 is 0 Å². The predicted molar refractivity (Wildman–Crippen MR) is 91.6 cm³/mol. The van der Waals surface area contributed by atoms with Gasteiger partial charge in [0.15, 0.2) is 0 Å². The summed E-state index contributed by atoms with van der Waals surface area (Å²) in [6.07, 6.45) is 4.47. The van der Waals surface area contributed by atoms with Gasteiger partial charge in [-0.2, -0.15) is 15.0 Å². The van der Waals surface area contributed by atoms with Crippen molar-refractivity contribution >= 4 is 17.8 Å². The van der Waals surface area contributed by atoms with E-state index in [2.05, 4.69) is 44.7 Å². The summed E-state index contributed by atoms with van der Waals surface area (Å²) in [4.78, 5) is 13.2. The molecule has 1 heterocycles. The molecule has 0 saturated carbocycles. The first-order chi connectivity index (χ1) is 10.8. The summed E-state index contributed by atoms with van der Waals surface area (Å²) in [6.45, 7) is 10.1. The number of unbranched alkanes of at least 4 members (excludes halogenated alkanes) is 2. The Balaban J connectivity index is 2.62. The highest BCUT2D eigenvalue weighted by molar-refractivity contribution is 5.42. The van der Waals surface area contributed by atoms with E-state index in [1.807, 2.05) is 6.92 Å². The summed E-state index contributed by atoms with van der Waals surface area (Å²) in [6, 6.07) is 0. The van der Waals surface area contributed by atoms with E-state index in [1.165, 1.54) is 0 Å². The second kappa shape index (κ2) is 12.0. The van der Waals surface area contributed by atoms with Crippen LogP contribution in [0.25, 0.3) is 0 Å². The Morgan fingerprint density at radius 1 is 0.727 bits per heavy atom. The fraction of sp³-hybridized carbons (Fsp3) is 0.800. The van der Waals surface area contributed by atoms with Gasteiger partial charge in [0, 0.05) is 26.2 Å². The molecule has 0 saturated heterocycles. The van der Waals surface area contributed by atoms with E-state index in [0.29, 0.717) is 37.6 Å². The van der Waals surface area contributed by atoms with Crippen LogP contribution in [0.5, 0.6) is 0 Å². The van der Waals surface area contributed by atoms with Gasteiger partial charge in [0.05, 0.1) is 6.61 Å². The molecule has 0 radical (unpaired) electrons. The fourth-order valence-electron chi connectivity index (χ4n) is 1.75. The molecule has 0 unspecified atom stereocenters. The number of hydrogen-bond acceptors (Lipinski definition) is 7. The number of ether oxygens (including phenoxy) is 1. The molecular formula is C15H30N6O. The Morgan fingerprint density at radius 2 is 1.18 bits per heavy atom. The molecule has 1 rings (SSSR count). The molecule has 1 aromatic heterocycles. The van der Waals surface area contributed by atoms with Crippen molar-refractivity contribution in [3.8, 4) is 0 Å². The molecule has 3 N–H and O–H groups in total. The second-order valence-corrected chi connectivity index (χ2v) is 4.99. The molecule has 7 heteroatoms. The number of nitrogens with one attached hydrogen (secondary N) is 3. The van der Waals surface area contributed by atoms with Crippen molar-refractivity contribution in [2.45, 2.75) is 46.5 Å². The van der Waals surface area contributed by atoms with Crippen LogP contribution in [0, 0.1) is 0 Å². The molecule has 7 nitrogen and oxygen atoms in total. The van der Waals surface area contributed by atoms with Crippen LogP contribution in [0.15, 0.2) is 0 Å². The van der Waals surface area contributed by atoms with Crippen molar-refractivity contribution in [1.82, 2.24) is 15.0 Å². The molecule has 1 aromatic rings. The maximum Gasteiger partial charge on any atom is 0.229 e. The minimum Gasteiger partial charge on any atom is -0.380 e. The smallest absolute Gasteiger partial charge is 0.229 e. The molecule has 0 spiro atoms. The molecule has 22 heavy (non-hydrogen) atoms. The number of nitrogens with zero attached hydrogens (tertiary/aromatic N) is 3. The SMILES string of the molecule is CCCCNc1nc(NCCCC)nc(NCCOCC)n1. The maximum absolute atomic E-state index is 5.31. The van der Waals surface area contributed by atoms with E-state index in [9.17, 15) is 0 Å². The number of hydrogen-bond donors (Lipinski definition) is 3. The lowest BCUT2D eigenvalue weighted by atomic mass is 10.3. The average molecular weight is 310 g/mol. The third kappa shape index (κ3) is 7.97. The van der Waals surface area contributed by atoms with Gasteiger partial charge in [0.25, 0.3) is 0 Å². The van der Waals surface area contributed by atoms with Crippen molar-refractivity contribution in [2.75, 3.05) is 48.8 Å². The zero-order valence-corrected chi connectivity index (χ0v) is 14.1. The number of aromatic nitrogens is 3. The lowest BCUT2D eigenvalue weighted by Crippen LogP contribution is -2.16. The lowest BCUT2D eigenvalue weighted by molar-refractivity contribution is 0.158. The van der Waals surface area contributed by atoms with E-state index >= 15 is 0 Å². The molecule has 0 aromatic carbocycles. The minimum atomic E-state index is 0.577. The van der Waals surface area contributed by atoms with Crippen molar-refractivity contribution in [3.63, 3.8) is 0 Å². The van der Waals surface area contributed by atoms with Crippen molar-refractivity contribution in [2.24, 2.45) is 0 Å². The van der Waals surface area contributed by atoms with Crippen molar-refractivity contribution < 1.29 is 4.74 Å². The van der Waals surface area contributed by atoms with E-state index in [4.69, 9.17) is 4.74 Å². The number of anilines is 3. The Hall–Kier alpha value is -1.63. The summed E-state index contributed by atoms with van der Waals surface area (Å²) >= 11 is 0. The molecule has 0 aliphatic rings. The molecule has 0 amide bonds. The first-order valence-corrected chi connectivity index (χ1v) is 8.35. The summed E-state index contributed by atoms with van der Waals surface area (Å²) < 4.78 is 5.31. The largest absolute Gasteiger partial charge is 0.380 e. The highest BCUT2D eigenvalue weighted by Crippen LogP contribution is 2.09. The first-order valence-electron chi connectivity index (χ1n) is 8.35. The van der Waals surface area contributed by atoms with Gasteiger partial charge in [-0.3, -0.25) is 0 Å². The molecule has 0 fully saturated rings. The van der Waals surface area contributed by atoms with E-state index in [1.54, 1.807) is 0 Å². The summed E-state index contributed by atoms with van der Waals surface area (Å²) in [5, 5.41) is 9.66. The van der Waals surface area contributed by atoms with Crippen LogP contribution >= 0.6 is 0 Å². The van der Waals surface area contributed by atoms with Crippen LogP contribution in [0.1, 0.15) is 46.5 Å². The Morgan fingerprint density at radius 3 is 1.59 bits per heavy atom. The molecule has 0 bridgehead atoms. The topological polar surface area (TPSA) is 84.0 Å². The van der Waals surface area contributed by atoms with E-state index in [0.717, 1.165) is 38.8 Å². The molecule has 0 atom stereocenters. The second-order valence-electron chi connectivity index (χ2n) is 4.99. The van der Waals surface area contributed by atoms with Crippen LogP contribution < -0.4 is 16.0 Å². The third-order valence-corrected chi connectivity index (χ3v) is 3.00. The van der Waals surface area contributed by atoms with Crippen LogP contribution in [0.4, 0.5) is 17.8 Å². The summed E-state index contributed by atoms with van der Waals surface area (Å²) in [5.74, 6) is 1.80. The zero-order chi connectivity index (χ0) is 16.0. The Labute approximate surface area is 133 Å². The standard InChI is InChI=1S/C15H30N6O/c1-4-7-9-16-13-19-14(17-10-8-5-2)21-15(20-13)18-11-12-22-6-3/h4-12H2,1-3H3,(H3,16,17,18,19,20,21). The maximum atomic E-state index is 5.31. The Bertz CT molecular complexity index is 373.